The topological polar surface area (TPSA) is 89.1 Å². The average Bonchev–Trinajstić information content (AvgIpc) is 2.68. The minimum absolute atomic E-state index is 0.0860. The van der Waals surface area contributed by atoms with Crippen molar-refractivity contribution in [3.05, 3.63) is 58.5 Å². The Balaban J connectivity index is 1.90. The summed E-state index contributed by atoms with van der Waals surface area (Å²) in [4.78, 5) is 13.0. The first kappa shape index (κ1) is 17.2. The van der Waals surface area contributed by atoms with Crippen LogP contribution in [0.4, 0.5) is 0 Å². The van der Waals surface area contributed by atoms with Crippen LogP contribution in [0.2, 0.25) is 0 Å². The number of fused-ring (bicyclic) bond motifs is 2. The fourth-order valence-electron chi connectivity index (χ4n) is 3.11. The van der Waals surface area contributed by atoms with Crippen LogP contribution >= 0.6 is 0 Å². The van der Waals surface area contributed by atoms with Gasteiger partial charge in [0.05, 0.1) is 24.8 Å². The fraction of sp³-hybridized carbons (Fsp3) is 0.190. The Morgan fingerprint density at radius 2 is 1.96 bits per heavy atom. The summed E-state index contributed by atoms with van der Waals surface area (Å²) in [6.07, 6.45) is 4.65. The van der Waals surface area contributed by atoms with E-state index >= 15 is 0 Å². The van der Waals surface area contributed by atoms with Crippen molar-refractivity contribution >= 4 is 17.0 Å². The van der Waals surface area contributed by atoms with Gasteiger partial charge in [-0.3, -0.25) is 4.79 Å². The molecule has 1 atom stereocenters. The molecular weight excluding hydrogens is 348 g/mol. The maximum Gasteiger partial charge on any atom is 0.204 e. The van der Waals surface area contributed by atoms with Crippen molar-refractivity contribution in [2.45, 2.75) is 12.5 Å². The Morgan fingerprint density at radius 3 is 2.63 bits per heavy atom. The van der Waals surface area contributed by atoms with Gasteiger partial charge >= 0.3 is 0 Å². The maximum absolute atomic E-state index is 13.0. The molecular formula is C21H18O6. The Bertz CT molecular complexity index is 1110. The van der Waals surface area contributed by atoms with Crippen LogP contribution in [0.15, 0.2) is 51.9 Å². The molecule has 2 heterocycles. The number of phenols is 1. The first-order valence-corrected chi connectivity index (χ1v) is 8.41. The lowest BCUT2D eigenvalue weighted by Gasteiger charge is -2.30. The molecule has 1 aliphatic rings. The summed E-state index contributed by atoms with van der Waals surface area (Å²) in [5, 5.41) is 20.3. The molecule has 27 heavy (non-hydrogen) atoms. The molecule has 2 aromatic carbocycles. The number of aromatic hydroxyl groups is 1. The zero-order valence-electron chi connectivity index (χ0n) is 14.9. The first-order chi connectivity index (χ1) is 13.0. The Kier molecular flexibility index (Phi) is 3.93. The van der Waals surface area contributed by atoms with Crippen LogP contribution in [-0.4, -0.2) is 29.5 Å². The average molecular weight is 366 g/mol. The Hall–Kier alpha value is -3.25. The quantitative estimate of drug-likeness (QED) is 0.739. The molecule has 0 spiro atoms. The van der Waals surface area contributed by atoms with Gasteiger partial charge in [0.2, 0.25) is 5.43 Å². The minimum atomic E-state index is -0.892. The zero-order valence-corrected chi connectivity index (χ0v) is 14.9. The van der Waals surface area contributed by atoms with E-state index in [0.29, 0.717) is 28.2 Å². The SMILES string of the molecule is COc1ccc(-c2coc3cc4c(c(O)c3c2=O)C=CC(C)(CO)O4)cc1. The van der Waals surface area contributed by atoms with E-state index in [1.54, 1.807) is 56.5 Å². The largest absolute Gasteiger partial charge is 0.506 e. The van der Waals surface area contributed by atoms with Gasteiger partial charge in [0.1, 0.15) is 40.1 Å². The van der Waals surface area contributed by atoms with E-state index in [2.05, 4.69) is 0 Å². The molecule has 0 fully saturated rings. The normalized spacial score (nSPS) is 18.2. The molecule has 6 nitrogen and oxygen atoms in total. The van der Waals surface area contributed by atoms with E-state index in [9.17, 15) is 15.0 Å². The number of methoxy groups -OCH3 is 1. The molecule has 0 radical (unpaired) electrons. The van der Waals surface area contributed by atoms with Gasteiger partial charge in [-0.15, -0.1) is 0 Å². The number of ether oxygens (including phenoxy) is 2. The van der Waals surface area contributed by atoms with Crippen LogP contribution in [-0.2, 0) is 0 Å². The van der Waals surface area contributed by atoms with E-state index < -0.39 is 5.60 Å². The van der Waals surface area contributed by atoms with Gasteiger partial charge in [-0.1, -0.05) is 12.1 Å². The molecule has 0 amide bonds. The van der Waals surface area contributed by atoms with Gasteiger partial charge in [0.25, 0.3) is 0 Å². The van der Waals surface area contributed by atoms with E-state index in [0.717, 1.165) is 0 Å². The van der Waals surface area contributed by atoms with Crippen LogP contribution in [0.1, 0.15) is 12.5 Å². The third-order valence-corrected chi connectivity index (χ3v) is 4.70. The molecule has 1 aromatic heterocycles. The fourth-order valence-corrected chi connectivity index (χ4v) is 3.11. The van der Waals surface area contributed by atoms with Crippen molar-refractivity contribution < 1.29 is 24.1 Å². The molecule has 0 saturated heterocycles. The van der Waals surface area contributed by atoms with Gasteiger partial charge in [0.15, 0.2) is 0 Å². The van der Waals surface area contributed by atoms with E-state index in [-0.39, 0.29) is 28.8 Å². The number of hydrogen-bond donors (Lipinski definition) is 2. The number of benzene rings is 2. The van der Waals surface area contributed by atoms with Crippen molar-refractivity contribution in [3.8, 4) is 28.4 Å². The van der Waals surface area contributed by atoms with Gasteiger partial charge in [-0.2, -0.15) is 0 Å². The lowest BCUT2D eigenvalue weighted by Crippen LogP contribution is -2.35. The first-order valence-electron chi connectivity index (χ1n) is 8.41. The predicted molar refractivity (Wildman–Crippen MR) is 101 cm³/mol. The van der Waals surface area contributed by atoms with Crippen LogP contribution in [0, 0.1) is 0 Å². The molecule has 1 aliphatic heterocycles. The number of aliphatic hydroxyl groups is 1. The lowest BCUT2D eigenvalue weighted by atomic mass is 9.98. The molecule has 0 aliphatic carbocycles. The second-order valence-corrected chi connectivity index (χ2v) is 6.62. The predicted octanol–water partition coefficient (Wildman–Crippen LogP) is 3.33. The highest BCUT2D eigenvalue weighted by Gasteiger charge is 2.29. The molecule has 1 unspecified atom stereocenters. The Morgan fingerprint density at radius 1 is 1.22 bits per heavy atom. The summed E-state index contributed by atoms with van der Waals surface area (Å²) < 4.78 is 16.5. The molecule has 138 valence electrons. The highest BCUT2D eigenvalue weighted by Crippen LogP contribution is 2.41. The number of phenolic OH excluding ortho intramolecular Hbond substituents is 1. The third-order valence-electron chi connectivity index (χ3n) is 4.70. The molecule has 6 heteroatoms. The summed E-state index contributed by atoms with van der Waals surface area (Å²) in [6.45, 7) is 1.50. The number of rotatable bonds is 3. The van der Waals surface area contributed by atoms with Gasteiger partial charge in [-0.05, 0) is 36.8 Å². The summed E-state index contributed by atoms with van der Waals surface area (Å²) in [6, 6.07) is 8.56. The van der Waals surface area contributed by atoms with Crippen molar-refractivity contribution in [2.24, 2.45) is 0 Å². The maximum atomic E-state index is 13.0. The van der Waals surface area contributed by atoms with Crippen LogP contribution in [0.3, 0.4) is 0 Å². The molecule has 2 N–H and O–H groups in total. The third kappa shape index (κ3) is 2.74. The second kappa shape index (κ2) is 6.17. The summed E-state index contributed by atoms with van der Waals surface area (Å²) >= 11 is 0. The Labute approximate surface area is 154 Å². The van der Waals surface area contributed by atoms with Gasteiger partial charge in [-0.25, -0.2) is 0 Å². The van der Waals surface area contributed by atoms with Crippen molar-refractivity contribution in [3.63, 3.8) is 0 Å². The van der Waals surface area contributed by atoms with Gasteiger partial charge < -0.3 is 24.1 Å². The summed E-state index contributed by atoms with van der Waals surface area (Å²) in [7, 11) is 1.57. The highest BCUT2D eigenvalue weighted by molar-refractivity contribution is 5.93. The highest BCUT2D eigenvalue weighted by atomic mass is 16.5. The van der Waals surface area contributed by atoms with E-state index in [1.165, 1.54) is 6.26 Å². The monoisotopic (exact) mass is 366 g/mol. The van der Waals surface area contributed by atoms with E-state index in [4.69, 9.17) is 13.9 Å². The van der Waals surface area contributed by atoms with Crippen molar-refractivity contribution in [1.82, 2.24) is 0 Å². The van der Waals surface area contributed by atoms with Crippen molar-refractivity contribution in [2.75, 3.05) is 13.7 Å². The minimum Gasteiger partial charge on any atom is -0.506 e. The summed E-state index contributed by atoms with van der Waals surface area (Å²) in [5.41, 5.74) is 0.350. The van der Waals surface area contributed by atoms with Crippen LogP contribution < -0.4 is 14.9 Å². The molecule has 0 saturated carbocycles. The molecule has 4 rings (SSSR count). The van der Waals surface area contributed by atoms with Gasteiger partial charge in [0, 0.05) is 6.07 Å². The van der Waals surface area contributed by atoms with Crippen LogP contribution in [0.5, 0.6) is 17.2 Å². The van der Waals surface area contributed by atoms with Crippen LogP contribution in [0.25, 0.3) is 28.2 Å². The lowest BCUT2D eigenvalue weighted by molar-refractivity contribution is 0.0639. The summed E-state index contributed by atoms with van der Waals surface area (Å²) in [5.74, 6) is 0.817. The number of aliphatic hydroxyl groups excluding tert-OH is 1. The smallest absolute Gasteiger partial charge is 0.204 e. The van der Waals surface area contributed by atoms with Crippen molar-refractivity contribution in [1.29, 1.82) is 0 Å². The van der Waals surface area contributed by atoms with E-state index in [1.807, 2.05) is 0 Å². The second-order valence-electron chi connectivity index (χ2n) is 6.62. The number of hydrogen-bond acceptors (Lipinski definition) is 6. The standard InChI is InChI=1S/C21H18O6/c1-21(11-22)8-7-14-16(27-21)9-17-18(19(14)23)20(24)15(10-26-17)12-3-5-13(25-2)6-4-12/h3-10,22-23H,11H2,1-2H3. The zero-order chi connectivity index (χ0) is 19.2. The molecule has 3 aromatic rings. The molecule has 0 bridgehead atoms.